The molecule has 2 aromatic carbocycles. The van der Waals surface area contributed by atoms with Crippen LogP contribution in [0, 0.1) is 5.82 Å². The Bertz CT molecular complexity index is 729. The second-order valence-corrected chi connectivity index (χ2v) is 6.30. The van der Waals surface area contributed by atoms with Gasteiger partial charge in [0.2, 0.25) is 5.91 Å². The summed E-state index contributed by atoms with van der Waals surface area (Å²) in [7, 11) is 0. The van der Waals surface area contributed by atoms with Gasteiger partial charge in [-0.05, 0) is 31.5 Å². The number of halogens is 3. The summed E-state index contributed by atoms with van der Waals surface area (Å²) in [6.45, 7) is 3.77. The van der Waals surface area contributed by atoms with E-state index < -0.39 is 11.7 Å². The number of para-hydroxylation sites is 1. The van der Waals surface area contributed by atoms with Crippen molar-refractivity contribution in [3.05, 3.63) is 58.9 Å². The summed E-state index contributed by atoms with van der Waals surface area (Å²) in [5.74, 6) is -0.418. The van der Waals surface area contributed by atoms with Crippen molar-refractivity contribution in [1.29, 1.82) is 0 Å². The Labute approximate surface area is 164 Å². The Morgan fingerprint density at radius 1 is 1.27 bits per heavy atom. The van der Waals surface area contributed by atoms with E-state index in [1.54, 1.807) is 36.4 Å². The molecule has 0 spiro atoms. The number of benzene rings is 2. The first-order chi connectivity index (χ1) is 11.9. The highest BCUT2D eigenvalue weighted by molar-refractivity contribution is 6.32. The number of carbonyl (C=O) groups is 1. The van der Waals surface area contributed by atoms with Crippen molar-refractivity contribution in [1.82, 2.24) is 5.32 Å². The van der Waals surface area contributed by atoms with Gasteiger partial charge in [-0.2, -0.15) is 0 Å². The zero-order valence-electron chi connectivity index (χ0n) is 14.7. The van der Waals surface area contributed by atoms with Gasteiger partial charge in [-0.3, -0.25) is 4.79 Å². The van der Waals surface area contributed by atoms with Gasteiger partial charge in [-0.15, -0.1) is 12.4 Å². The highest BCUT2D eigenvalue weighted by atomic mass is 35.5. The van der Waals surface area contributed by atoms with E-state index in [2.05, 4.69) is 5.32 Å². The SMILES string of the molecule is CC[C@H](N[C@H](C)CC(N)=O)c1ccc(Cl)c(Oc2ccccc2)c1F.Cl. The molecule has 0 fully saturated rings. The predicted molar refractivity (Wildman–Crippen MR) is 105 cm³/mol. The highest BCUT2D eigenvalue weighted by Gasteiger charge is 2.22. The molecule has 1 amide bonds. The summed E-state index contributed by atoms with van der Waals surface area (Å²) in [6, 6.07) is 11.7. The molecule has 26 heavy (non-hydrogen) atoms. The molecule has 0 saturated carbocycles. The first kappa shape index (κ1) is 22.2. The van der Waals surface area contributed by atoms with E-state index in [4.69, 9.17) is 22.1 Å². The number of hydrogen-bond donors (Lipinski definition) is 2. The average Bonchev–Trinajstić information content (AvgIpc) is 2.57. The summed E-state index contributed by atoms with van der Waals surface area (Å²) in [4.78, 5) is 11.1. The van der Waals surface area contributed by atoms with Crippen molar-refractivity contribution in [2.75, 3.05) is 0 Å². The molecular formula is C19H23Cl2FN2O2. The first-order valence-corrected chi connectivity index (χ1v) is 8.55. The van der Waals surface area contributed by atoms with Crippen LogP contribution in [-0.2, 0) is 4.79 Å². The molecule has 142 valence electrons. The minimum absolute atomic E-state index is 0. The smallest absolute Gasteiger partial charge is 0.218 e. The fourth-order valence-corrected chi connectivity index (χ4v) is 2.83. The Hall–Kier alpha value is -1.82. The summed E-state index contributed by atoms with van der Waals surface area (Å²) in [5, 5.41) is 3.43. The number of nitrogens with one attached hydrogen (secondary N) is 1. The summed E-state index contributed by atoms with van der Waals surface area (Å²) in [5.41, 5.74) is 5.66. The lowest BCUT2D eigenvalue weighted by Gasteiger charge is -2.23. The second-order valence-electron chi connectivity index (χ2n) is 5.89. The van der Waals surface area contributed by atoms with Crippen LogP contribution in [-0.4, -0.2) is 11.9 Å². The quantitative estimate of drug-likeness (QED) is 0.655. The van der Waals surface area contributed by atoms with E-state index in [1.807, 2.05) is 19.9 Å². The molecule has 0 radical (unpaired) electrons. The lowest BCUT2D eigenvalue weighted by atomic mass is 10.0. The first-order valence-electron chi connectivity index (χ1n) is 8.17. The van der Waals surface area contributed by atoms with Crippen LogP contribution < -0.4 is 15.8 Å². The van der Waals surface area contributed by atoms with Crippen LogP contribution in [0.25, 0.3) is 0 Å². The van der Waals surface area contributed by atoms with Crippen molar-refractivity contribution in [3.63, 3.8) is 0 Å². The maximum absolute atomic E-state index is 15.0. The van der Waals surface area contributed by atoms with Crippen LogP contribution >= 0.6 is 24.0 Å². The molecule has 2 atom stereocenters. The van der Waals surface area contributed by atoms with Gasteiger partial charge in [-0.1, -0.05) is 42.8 Å². The van der Waals surface area contributed by atoms with Crippen LogP contribution in [0.4, 0.5) is 4.39 Å². The number of rotatable bonds is 8. The second kappa shape index (κ2) is 10.4. The van der Waals surface area contributed by atoms with Crippen LogP contribution in [0.15, 0.2) is 42.5 Å². The van der Waals surface area contributed by atoms with Gasteiger partial charge in [0.05, 0.1) is 5.02 Å². The minimum atomic E-state index is -0.512. The Morgan fingerprint density at radius 2 is 1.92 bits per heavy atom. The predicted octanol–water partition coefficient (Wildman–Crippen LogP) is 5.00. The fraction of sp³-hybridized carbons (Fsp3) is 0.316. The van der Waals surface area contributed by atoms with E-state index >= 15 is 4.39 Å². The molecule has 0 saturated heterocycles. The zero-order chi connectivity index (χ0) is 18.4. The molecule has 2 aromatic rings. The number of nitrogens with two attached hydrogens (primary N) is 1. The van der Waals surface area contributed by atoms with Crippen molar-refractivity contribution >= 4 is 29.9 Å². The van der Waals surface area contributed by atoms with Crippen molar-refractivity contribution in [2.24, 2.45) is 5.73 Å². The molecule has 0 unspecified atom stereocenters. The molecule has 0 aliphatic heterocycles. The monoisotopic (exact) mass is 400 g/mol. The van der Waals surface area contributed by atoms with Gasteiger partial charge in [0, 0.05) is 24.1 Å². The summed E-state index contributed by atoms with van der Waals surface area (Å²) < 4.78 is 20.7. The lowest BCUT2D eigenvalue weighted by Crippen LogP contribution is -2.34. The fourth-order valence-electron chi connectivity index (χ4n) is 2.65. The van der Waals surface area contributed by atoms with E-state index in [0.29, 0.717) is 17.7 Å². The minimum Gasteiger partial charge on any atom is -0.453 e. The normalized spacial score (nSPS) is 12.8. The maximum atomic E-state index is 15.0. The lowest BCUT2D eigenvalue weighted by molar-refractivity contribution is -0.118. The standard InChI is InChI=1S/C19H22ClFN2O2.ClH/c1-3-16(23-12(2)11-17(22)24)14-9-10-15(20)19(18(14)21)25-13-7-5-4-6-8-13;/h4-10,12,16,23H,3,11H2,1-2H3,(H2,22,24);1H/t12-,16+;/m1./s1. The van der Waals surface area contributed by atoms with Gasteiger partial charge >= 0.3 is 0 Å². The van der Waals surface area contributed by atoms with Gasteiger partial charge < -0.3 is 15.8 Å². The Kier molecular flexibility index (Phi) is 8.85. The summed E-state index contributed by atoms with van der Waals surface area (Å²) in [6.07, 6.45) is 0.811. The molecular weight excluding hydrogens is 378 g/mol. The van der Waals surface area contributed by atoms with Gasteiger partial charge in [0.15, 0.2) is 11.6 Å². The van der Waals surface area contributed by atoms with Gasteiger partial charge in [0.1, 0.15) is 5.75 Å². The van der Waals surface area contributed by atoms with Crippen LogP contribution in [0.1, 0.15) is 38.3 Å². The largest absolute Gasteiger partial charge is 0.453 e. The number of carbonyl (C=O) groups excluding carboxylic acids is 1. The molecule has 0 heterocycles. The van der Waals surface area contributed by atoms with Crippen LogP contribution in [0.3, 0.4) is 0 Å². The van der Waals surface area contributed by atoms with E-state index in [9.17, 15) is 4.79 Å². The third kappa shape index (κ3) is 5.87. The number of amides is 1. The number of primary amides is 1. The topological polar surface area (TPSA) is 64.3 Å². The highest BCUT2D eigenvalue weighted by Crippen LogP contribution is 2.36. The number of hydrogen-bond acceptors (Lipinski definition) is 3. The molecule has 0 bridgehead atoms. The average molecular weight is 401 g/mol. The van der Waals surface area contributed by atoms with Gasteiger partial charge in [0.25, 0.3) is 0 Å². The van der Waals surface area contributed by atoms with Gasteiger partial charge in [-0.25, -0.2) is 4.39 Å². The van der Waals surface area contributed by atoms with E-state index in [0.717, 1.165) is 0 Å². The molecule has 4 nitrogen and oxygen atoms in total. The van der Waals surface area contributed by atoms with Crippen LogP contribution in [0.5, 0.6) is 11.5 Å². The zero-order valence-corrected chi connectivity index (χ0v) is 16.2. The van der Waals surface area contributed by atoms with Crippen LogP contribution in [0.2, 0.25) is 5.02 Å². The molecule has 0 aliphatic carbocycles. The van der Waals surface area contributed by atoms with E-state index in [1.165, 1.54) is 0 Å². The summed E-state index contributed by atoms with van der Waals surface area (Å²) >= 11 is 6.13. The molecule has 0 aliphatic rings. The third-order valence-corrected chi connectivity index (χ3v) is 4.12. The third-order valence-electron chi connectivity index (χ3n) is 3.82. The van der Waals surface area contributed by atoms with E-state index in [-0.39, 0.29) is 41.7 Å². The molecule has 3 N–H and O–H groups in total. The maximum Gasteiger partial charge on any atom is 0.218 e. The number of ether oxygens (including phenoxy) is 1. The Morgan fingerprint density at radius 3 is 2.50 bits per heavy atom. The van der Waals surface area contributed by atoms with Crippen molar-refractivity contribution in [2.45, 2.75) is 38.8 Å². The van der Waals surface area contributed by atoms with Crippen molar-refractivity contribution in [3.8, 4) is 11.5 Å². The molecule has 7 heteroatoms. The molecule has 0 aromatic heterocycles. The Balaban J connectivity index is 0.00000338. The molecule has 2 rings (SSSR count). The van der Waals surface area contributed by atoms with Crippen molar-refractivity contribution < 1.29 is 13.9 Å².